The standard InChI is InChI=1S/C26H22O4/c1-27-23-15-11-19(17-25(23)29-3)9-13-21-7-5-6-8-22(21)14-10-20-12-16-24(28-2)26(18-20)30-4/h5-8,11-12,15-18H,1-4H3. The Morgan fingerprint density at radius 3 is 1.23 bits per heavy atom. The lowest BCUT2D eigenvalue weighted by Gasteiger charge is -2.07. The Kier molecular flexibility index (Phi) is 6.87. The molecule has 0 saturated heterocycles. The van der Waals surface area contributed by atoms with Crippen LogP contribution in [0.4, 0.5) is 0 Å². The largest absolute Gasteiger partial charge is 0.493 e. The summed E-state index contributed by atoms with van der Waals surface area (Å²) in [6, 6.07) is 19.0. The number of methoxy groups -OCH3 is 4. The predicted octanol–water partition coefficient (Wildman–Crippen LogP) is 4.52. The molecule has 3 rings (SSSR count). The van der Waals surface area contributed by atoms with Crippen molar-refractivity contribution >= 4 is 0 Å². The van der Waals surface area contributed by atoms with Crippen LogP contribution in [0.3, 0.4) is 0 Å². The van der Waals surface area contributed by atoms with Crippen LogP contribution in [0, 0.1) is 23.7 Å². The molecule has 0 aliphatic carbocycles. The Hall–Kier alpha value is -4.02. The molecule has 0 amide bonds. The lowest BCUT2D eigenvalue weighted by atomic mass is 10.1. The van der Waals surface area contributed by atoms with Gasteiger partial charge in [0, 0.05) is 22.3 Å². The monoisotopic (exact) mass is 398 g/mol. The van der Waals surface area contributed by atoms with E-state index < -0.39 is 0 Å². The molecule has 3 aromatic rings. The average molecular weight is 398 g/mol. The smallest absolute Gasteiger partial charge is 0.161 e. The molecule has 0 atom stereocenters. The second-order valence-corrected chi connectivity index (χ2v) is 6.19. The van der Waals surface area contributed by atoms with E-state index in [-0.39, 0.29) is 0 Å². The van der Waals surface area contributed by atoms with Crippen molar-refractivity contribution in [1.29, 1.82) is 0 Å². The van der Waals surface area contributed by atoms with Crippen molar-refractivity contribution in [1.82, 2.24) is 0 Å². The summed E-state index contributed by atoms with van der Waals surface area (Å²) in [6.45, 7) is 0. The molecule has 0 spiro atoms. The molecule has 4 nitrogen and oxygen atoms in total. The van der Waals surface area contributed by atoms with Gasteiger partial charge in [-0.25, -0.2) is 0 Å². The van der Waals surface area contributed by atoms with Gasteiger partial charge in [0.25, 0.3) is 0 Å². The third-order valence-electron chi connectivity index (χ3n) is 4.38. The Bertz CT molecular complexity index is 1060. The fraction of sp³-hybridized carbons (Fsp3) is 0.154. The molecular weight excluding hydrogens is 376 g/mol. The van der Waals surface area contributed by atoms with Gasteiger partial charge in [0.1, 0.15) is 0 Å². The maximum Gasteiger partial charge on any atom is 0.161 e. The summed E-state index contributed by atoms with van der Waals surface area (Å²) in [5.41, 5.74) is 3.35. The fourth-order valence-electron chi connectivity index (χ4n) is 2.81. The highest BCUT2D eigenvalue weighted by molar-refractivity contribution is 5.57. The molecule has 30 heavy (non-hydrogen) atoms. The van der Waals surface area contributed by atoms with Gasteiger partial charge in [0.05, 0.1) is 28.4 Å². The summed E-state index contributed by atoms with van der Waals surface area (Å²) in [6.07, 6.45) is 0. The van der Waals surface area contributed by atoms with Crippen LogP contribution in [-0.2, 0) is 0 Å². The minimum absolute atomic E-state index is 0.644. The maximum atomic E-state index is 5.34. The quantitative estimate of drug-likeness (QED) is 0.606. The molecule has 0 radical (unpaired) electrons. The first-order chi connectivity index (χ1) is 14.7. The molecular formula is C26H22O4. The Morgan fingerprint density at radius 1 is 0.467 bits per heavy atom. The zero-order valence-electron chi connectivity index (χ0n) is 17.4. The fourth-order valence-corrected chi connectivity index (χ4v) is 2.81. The van der Waals surface area contributed by atoms with E-state index in [0.29, 0.717) is 23.0 Å². The first kappa shape index (κ1) is 20.7. The molecule has 0 fully saturated rings. The van der Waals surface area contributed by atoms with Crippen molar-refractivity contribution in [3.8, 4) is 46.7 Å². The van der Waals surface area contributed by atoms with Crippen LogP contribution in [0.2, 0.25) is 0 Å². The van der Waals surface area contributed by atoms with Crippen molar-refractivity contribution in [2.24, 2.45) is 0 Å². The summed E-state index contributed by atoms with van der Waals surface area (Å²) in [5.74, 6) is 15.4. The van der Waals surface area contributed by atoms with Crippen LogP contribution in [0.1, 0.15) is 22.3 Å². The Morgan fingerprint density at radius 2 is 0.867 bits per heavy atom. The van der Waals surface area contributed by atoms with Gasteiger partial charge < -0.3 is 18.9 Å². The highest BCUT2D eigenvalue weighted by Gasteiger charge is 2.04. The van der Waals surface area contributed by atoms with Gasteiger partial charge in [-0.2, -0.15) is 0 Å². The molecule has 3 aromatic carbocycles. The predicted molar refractivity (Wildman–Crippen MR) is 117 cm³/mol. The van der Waals surface area contributed by atoms with Crippen LogP contribution in [-0.4, -0.2) is 28.4 Å². The van der Waals surface area contributed by atoms with Crippen molar-refractivity contribution in [2.45, 2.75) is 0 Å². The zero-order chi connectivity index (χ0) is 21.3. The first-order valence-electron chi connectivity index (χ1n) is 9.25. The third kappa shape index (κ3) is 4.87. The SMILES string of the molecule is COc1ccc(C#Cc2ccccc2C#Cc2ccc(OC)c(OC)c2)cc1OC. The number of hydrogen-bond acceptors (Lipinski definition) is 4. The van der Waals surface area contributed by atoms with E-state index in [1.165, 1.54) is 0 Å². The van der Waals surface area contributed by atoms with E-state index in [1.807, 2.05) is 60.7 Å². The molecule has 0 aliphatic rings. The molecule has 0 saturated carbocycles. The third-order valence-corrected chi connectivity index (χ3v) is 4.38. The van der Waals surface area contributed by atoms with E-state index in [2.05, 4.69) is 23.7 Å². The normalized spacial score (nSPS) is 9.47. The van der Waals surface area contributed by atoms with Crippen molar-refractivity contribution < 1.29 is 18.9 Å². The minimum atomic E-state index is 0.644. The number of ether oxygens (including phenoxy) is 4. The number of benzene rings is 3. The summed E-state index contributed by atoms with van der Waals surface area (Å²) < 4.78 is 21.2. The van der Waals surface area contributed by atoms with E-state index in [9.17, 15) is 0 Å². The molecule has 150 valence electrons. The topological polar surface area (TPSA) is 36.9 Å². The van der Waals surface area contributed by atoms with Crippen molar-refractivity contribution in [3.63, 3.8) is 0 Å². The first-order valence-corrected chi connectivity index (χ1v) is 9.25. The number of hydrogen-bond donors (Lipinski definition) is 0. The lowest BCUT2D eigenvalue weighted by Crippen LogP contribution is -1.91. The van der Waals surface area contributed by atoms with E-state index in [0.717, 1.165) is 22.3 Å². The highest BCUT2D eigenvalue weighted by Crippen LogP contribution is 2.28. The van der Waals surface area contributed by atoms with Gasteiger partial charge in [-0.05, 0) is 48.5 Å². The van der Waals surface area contributed by atoms with Crippen LogP contribution < -0.4 is 18.9 Å². The highest BCUT2D eigenvalue weighted by atomic mass is 16.5. The molecule has 0 heterocycles. The summed E-state index contributed by atoms with van der Waals surface area (Å²) >= 11 is 0. The maximum absolute atomic E-state index is 5.34. The average Bonchev–Trinajstić information content (AvgIpc) is 2.81. The second-order valence-electron chi connectivity index (χ2n) is 6.19. The molecule has 0 aliphatic heterocycles. The van der Waals surface area contributed by atoms with Crippen LogP contribution in [0.25, 0.3) is 0 Å². The van der Waals surface area contributed by atoms with Crippen molar-refractivity contribution in [2.75, 3.05) is 28.4 Å². The molecule has 4 heteroatoms. The van der Waals surface area contributed by atoms with Crippen LogP contribution in [0.5, 0.6) is 23.0 Å². The Labute approximate surface area is 177 Å². The van der Waals surface area contributed by atoms with Gasteiger partial charge in [-0.3, -0.25) is 0 Å². The summed E-state index contributed by atoms with van der Waals surface area (Å²) in [7, 11) is 6.43. The Balaban J connectivity index is 1.91. The van der Waals surface area contributed by atoms with Crippen LogP contribution >= 0.6 is 0 Å². The second kappa shape index (κ2) is 9.96. The van der Waals surface area contributed by atoms with E-state index >= 15 is 0 Å². The molecule has 0 N–H and O–H groups in total. The summed E-state index contributed by atoms with van der Waals surface area (Å²) in [4.78, 5) is 0. The van der Waals surface area contributed by atoms with Gasteiger partial charge in [-0.15, -0.1) is 0 Å². The lowest BCUT2D eigenvalue weighted by molar-refractivity contribution is 0.355. The van der Waals surface area contributed by atoms with Crippen molar-refractivity contribution in [3.05, 3.63) is 82.9 Å². The zero-order valence-corrected chi connectivity index (χ0v) is 17.4. The van der Waals surface area contributed by atoms with E-state index in [1.54, 1.807) is 28.4 Å². The van der Waals surface area contributed by atoms with E-state index in [4.69, 9.17) is 18.9 Å². The van der Waals surface area contributed by atoms with Gasteiger partial charge in [-0.1, -0.05) is 35.8 Å². The van der Waals surface area contributed by atoms with Crippen LogP contribution in [0.15, 0.2) is 60.7 Å². The molecule has 0 unspecified atom stereocenters. The molecule has 0 aromatic heterocycles. The van der Waals surface area contributed by atoms with Gasteiger partial charge in [0.15, 0.2) is 23.0 Å². The minimum Gasteiger partial charge on any atom is -0.493 e. The van der Waals surface area contributed by atoms with Gasteiger partial charge in [0.2, 0.25) is 0 Å². The number of rotatable bonds is 4. The summed E-state index contributed by atoms with van der Waals surface area (Å²) in [5, 5.41) is 0. The molecule has 0 bridgehead atoms. The van der Waals surface area contributed by atoms with Gasteiger partial charge >= 0.3 is 0 Å².